The lowest BCUT2D eigenvalue weighted by molar-refractivity contribution is 0.132. The summed E-state index contributed by atoms with van der Waals surface area (Å²) in [4.78, 5) is 21.3. The highest BCUT2D eigenvalue weighted by molar-refractivity contribution is 5.94. The zero-order valence-corrected chi connectivity index (χ0v) is 10.9. The number of carbonyl (C=O) groups excluding carboxylic acids is 1. The second-order valence-corrected chi connectivity index (χ2v) is 4.15. The summed E-state index contributed by atoms with van der Waals surface area (Å²) >= 11 is 0. The number of nitrogens with zero attached hydrogens (tertiary/aromatic N) is 3. The lowest BCUT2D eigenvalue weighted by atomic mass is 10.3. The Labute approximate surface area is 102 Å². The molecule has 17 heavy (non-hydrogen) atoms. The fraction of sp³-hybridized carbons (Fsp3) is 0.727. The molecule has 0 aromatic carbocycles. The van der Waals surface area contributed by atoms with E-state index in [1.54, 1.807) is 11.9 Å². The molecule has 1 aliphatic rings. The number of hydrogen-bond acceptors (Lipinski definition) is 3. The number of guanidine groups is 1. The summed E-state index contributed by atoms with van der Waals surface area (Å²) in [5.41, 5.74) is 0.945. The number of amides is 1. The molecule has 6 nitrogen and oxygen atoms in total. The second kappa shape index (κ2) is 6.22. The Kier molecular flexibility index (Phi) is 4.93. The summed E-state index contributed by atoms with van der Waals surface area (Å²) in [6.07, 6.45) is 0.603. The van der Waals surface area contributed by atoms with Crippen LogP contribution < -0.4 is 5.32 Å². The van der Waals surface area contributed by atoms with Crippen molar-refractivity contribution < 1.29 is 9.53 Å². The maximum Gasteiger partial charge on any atom is 0.409 e. The van der Waals surface area contributed by atoms with Crippen molar-refractivity contribution in [1.29, 1.82) is 0 Å². The number of likely N-dealkylation sites (tertiary alicyclic amines) is 1. The molecule has 0 bridgehead atoms. The van der Waals surface area contributed by atoms with Crippen LogP contribution in [0, 0.1) is 0 Å². The fourth-order valence-corrected chi connectivity index (χ4v) is 1.71. The molecular weight excluding hydrogens is 220 g/mol. The largest absolute Gasteiger partial charge is 0.453 e. The molecule has 0 radical (unpaired) electrons. The molecule has 1 amide bonds. The zero-order chi connectivity index (χ0) is 12.8. The smallest absolute Gasteiger partial charge is 0.409 e. The Morgan fingerprint density at radius 3 is 2.71 bits per heavy atom. The van der Waals surface area contributed by atoms with E-state index in [2.05, 4.69) is 20.0 Å². The van der Waals surface area contributed by atoms with Crippen molar-refractivity contribution in [1.82, 2.24) is 10.2 Å². The van der Waals surface area contributed by atoms with Crippen molar-refractivity contribution in [2.24, 2.45) is 9.98 Å². The van der Waals surface area contributed by atoms with E-state index in [1.165, 1.54) is 7.11 Å². The lowest BCUT2D eigenvalue weighted by Crippen LogP contribution is -2.38. The average Bonchev–Trinajstić information content (AvgIpc) is 2.75. The van der Waals surface area contributed by atoms with Gasteiger partial charge < -0.3 is 15.0 Å². The van der Waals surface area contributed by atoms with Crippen molar-refractivity contribution in [2.45, 2.75) is 26.3 Å². The van der Waals surface area contributed by atoms with Gasteiger partial charge in [0.05, 0.1) is 7.11 Å². The van der Waals surface area contributed by atoms with Gasteiger partial charge in [0.2, 0.25) is 5.96 Å². The Hall–Kier alpha value is -1.59. The number of rotatable bonds is 1. The third-order valence-electron chi connectivity index (χ3n) is 2.50. The number of carbonyl (C=O) groups is 1. The first-order valence-corrected chi connectivity index (χ1v) is 5.65. The van der Waals surface area contributed by atoms with E-state index in [1.807, 2.05) is 13.8 Å². The predicted octanol–water partition coefficient (Wildman–Crippen LogP) is 0.883. The molecule has 0 aliphatic carbocycles. The van der Waals surface area contributed by atoms with Gasteiger partial charge in [0.1, 0.15) is 0 Å². The third-order valence-corrected chi connectivity index (χ3v) is 2.50. The van der Waals surface area contributed by atoms with Crippen LogP contribution in [-0.4, -0.2) is 56.0 Å². The Morgan fingerprint density at radius 2 is 2.18 bits per heavy atom. The molecule has 0 spiro atoms. The molecule has 0 saturated carbocycles. The highest BCUT2D eigenvalue weighted by atomic mass is 16.5. The van der Waals surface area contributed by atoms with Gasteiger partial charge in [-0.1, -0.05) is 0 Å². The second-order valence-electron chi connectivity index (χ2n) is 4.15. The summed E-state index contributed by atoms with van der Waals surface area (Å²) < 4.78 is 4.68. The number of ether oxygens (including phenoxy) is 1. The molecule has 0 aromatic rings. The van der Waals surface area contributed by atoms with Crippen LogP contribution in [0.1, 0.15) is 20.3 Å². The minimum absolute atomic E-state index is 0.191. The van der Waals surface area contributed by atoms with Crippen LogP contribution in [0.4, 0.5) is 4.79 Å². The first-order chi connectivity index (χ1) is 8.06. The molecule has 1 rings (SSSR count). The van der Waals surface area contributed by atoms with Crippen LogP contribution in [-0.2, 0) is 4.74 Å². The van der Waals surface area contributed by atoms with Crippen molar-refractivity contribution in [2.75, 3.05) is 27.2 Å². The van der Waals surface area contributed by atoms with Crippen LogP contribution in [0.2, 0.25) is 0 Å². The topological polar surface area (TPSA) is 66.3 Å². The number of hydrogen-bond donors (Lipinski definition) is 1. The van der Waals surface area contributed by atoms with E-state index in [9.17, 15) is 4.79 Å². The third kappa shape index (κ3) is 4.05. The summed E-state index contributed by atoms with van der Waals surface area (Å²) in [5, 5.41) is 3.22. The van der Waals surface area contributed by atoms with Crippen LogP contribution in [0.5, 0.6) is 0 Å². The number of aliphatic imine (C=N–C) groups is 2. The molecule has 1 fully saturated rings. The number of nitrogens with one attached hydrogen (secondary N) is 1. The minimum Gasteiger partial charge on any atom is -0.453 e. The fourth-order valence-electron chi connectivity index (χ4n) is 1.71. The van der Waals surface area contributed by atoms with Gasteiger partial charge in [0.25, 0.3) is 0 Å². The van der Waals surface area contributed by atoms with Crippen molar-refractivity contribution in [3.05, 3.63) is 0 Å². The van der Waals surface area contributed by atoms with Gasteiger partial charge in [-0.3, -0.25) is 4.99 Å². The Balaban J connectivity index is 2.50. The van der Waals surface area contributed by atoms with Gasteiger partial charge in [0.15, 0.2) is 0 Å². The van der Waals surface area contributed by atoms with E-state index in [-0.39, 0.29) is 12.1 Å². The summed E-state index contributed by atoms with van der Waals surface area (Å²) in [5.74, 6) is 0.613. The van der Waals surface area contributed by atoms with Gasteiger partial charge >= 0.3 is 6.09 Å². The van der Waals surface area contributed by atoms with Crippen LogP contribution in [0.3, 0.4) is 0 Å². The molecule has 1 aliphatic heterocycles. The molecular formula is C11H20N4O2. The van der Waals surface area contributed by atoms with Gasteiger partial charge in [-0.15, -0.1) is 0 Å². The summed E-state index contributed by atoms with van der Waals surface area (Å²) in [7, 11) is 3.09. The van der Waals surface area contributed by atoms with Gasteiger partial charge in [-0.25, -0.2) is 9.79 Å². The highest BCUT2D eigenvalue weighted by Gasteiger charge is 2.27. The molecule has 0 unspecified atom stereocenters. The van der Waals surface area contributed by atoms with E-state index >= 15 is 0 Å². The molecule has 0 aromatic heterocycles. The first kappa shape index (κ1) is 13.5. The van der Waals surface area contributed by atoms with E-state index in [0.29, 0.717) is 19.0 Å². The number of methoxy groups -OCH3 is 1. The summed E-state index contributed by atoms with van der Waals surface area (Å²) in [6.45, 7) is 5.17. The van der Waals surface area contributed by atoms with Gasteiger partial charge in [-0.05, 0) is 20.3 Å². The summed E-state index contributed by atoms with van der Waals surface area (Å²) in [6, 6.07) is 0.191. The normalized spacial score (nSPS) is 20.1. The van der Waals surface area contributed by atoms with Gasteiger partial charge in [0, 0.05) is 31.9 Å². The first-order valence-electron chi connectivity index (χ1n) is 5.65. The molecule has 1 N–H and O–H groups in total. The standard InChI is InChI=1S/C11H20N4O2/c1-8(2)13-10(12-3)14-9-5-6-15(7-9)11(16)17-4/h9H,5-7H2,1-4H3,(H,12,14)/t9-/m0/s1. The van der Waals surface area contributed by atoms with Crippen molar-refractivity contribution >= 4 is 17.8 Å². The van der Waals surface area contributed by atoms with Crippen molar-refractivity contribution in [3.8, 4) is 0 Å². The molecule has 1 atom stereocenters. The molecule has 1 heterocycles. The Morgan fingerprint density at radius 1 is 1.47 bits per heavy atom. The Bertz CT molecular complexity index is 334. The zero-order valence-electron chi connectivity index (χ0n) is 10.9. The van der Waals surface area contributed by atoms with Gasteiger partial charge in [-0.2, -0.15) is 0 Å². The highest BCUT2D eigenvalue weighted by Crippen LogP contribution is 2.10. The van der Waals surface area contributed by atoms with E-state index in [4.69, 9.17) is 0 Å². The molecule has 6 heteroatoms. The van der Waals surface area contributed by atoms with Crippen LogP contribution in [0.15, 0.2) is 9.98 Å². The van der Waals surface area contributed by atoms with E-state index in [0.717, 1.165) is 12.1 Å². The van der Waals surface area contributed by atoms with Crippen LogP contribution in [0.25, 0.3) is 0 Å². The maximum absolute atomic E-state index is 11.3. The van der Waals surface area contributed by atoms with Crippen LogP contribution >= 0.6 is 0 Å². The monoisotopic (exact) mass is 240 g/mol. The predicted molar refractivity (Wildman–Crippen MR) is 67.7 cm³/mol. The molecule has 1 saturated heterocycles. The molecule has 96 valence electrons. The quantitative estimate of drug-likeness (QED) is 0.546. The minimum atomic E-state index is -0.278. The lowest BCUT2D eigenvalue weighted by Gasteiger charge is -2.15. The SMILES string of the molecule is C/N=C(\N=C(C)C)N[C@H]1CCN(C(=O)OC)C1. The van der Waals surface area contributed by atoms with Crippen molar-refractivity contribution in [3.63, 3.8) is 0 Å². The maximum atomic E-state index is 11.3. The van der Waals surface area contributed by atoms with E-state index < -0.39 is 0 Å². The average molecular weight is 240 g/mol.